The quantitative estimate of drug-likeness (QED) is 0.461. The highest BCUT2D eigenvalue weighted by Gasteiger charge is 2.09. The van der Waals surface area contributed by atoms with E-state index in [0.29, 0.717) is 6.61 Å². The molecule has 10 heavy (non-hydrogen) atoms. The predicted octanol–water partition coefficient (Wildman–Crippen LogP) is 0.910. The maximum absolute atomic E-state index is 10.2. The topological polar surface area (TPSA) is 46.5 Å². The van der Waals surface area contributed by atoms with Crippen LogP contribution in [-0.2, 0) is 9.53 Å². The molecule has 0 aromatic rings. The molecule has 0 aliphatic carbocycles. The van der Waals surface area contributed by atoms with Gasteiger partial charge in [-0.15, -0.1) is 6.58 Å². The van der Waals surface area contributed by atoms with Crippen LogP contribution in [0.5, 0.6) is 0 Å². The first-order chi connectivity index (χ1) is 4.68. The molecule has 0 heterocycles. The van der Waals surface area contributed by atoms with Gasteiger partial charge in [0.2, 0.25) is 0 Å². The smallest absolute Gasteiger partial charge is 0.308 e. The highest BCUT2D eigenvalue weighted by molar-refractivity contribution is 5.69. The second kappa shape index (κ2) is 4.99. The Balaban J connectivity index is 3.30. The van der Waals surface area contributed by atoms with Crippen molar-refractivity contribution in [2.24, 2.45) is 5.92 Å². The van der Waals surface area contributed by atoms with Gasteiger partial charge < -0.3 is 9.84 Å². The van der Waals surface area contributed by atoms with E-state index in [1.807, 2.05) is 0 Å². The molecule has 0 fully saturated rings. The van der Waals surface area contributed by atoms with Crippen LogP contribution < -0.4 is 0 Å². The normalized spacial score (nSPS) is 12.5. The molecule has 3 nitrogen and oxygen atoms in total. The number of carboxylic acids is 1. The van der Waals surface area contributed by atoms with Crippen molar-refractivity contribution in [2.75, 3.05) is 13.2 Å². The summed E-state index contributed by atoms with van der Waals surface area (Å²) in [5.41, 5.74) is 0. The lowest BCUT2D eigenvalue weighted by atomic mass is 10.2. The lowest BCUT2D eigenvalue weighted by molar-refractivity contribution is -0.142. The van der Waals surface area contributed by atoms with Crippen molar-refractivity contribution >= 4 is 5.97 Å². The monoisotopic (exact) mass is 144 g/mol. The van der Waals surface area contributed by atoms with Crippen LogP contribution in [0.2, 0.25) is 0 Å². The van der Waals surface area contributed by atoms with Gasteiger partial charge in [0.25, 0.3) is 0 Å². The zero-order valence-corrected chi connectivity index (χ0v) is 6.04. The molecule has 0 spiro atoms. The van der Waals surface area contributed by atoms with Gasteiger partial charge in [-0.25, -0.2) is 0 Å². The van der Waals surface area contributed by atoms with Crippen molar-refractivity contribution in [2.45, 2.75) is 6.92 Å². The zero-order chi connectivity index (χ0) is 7.98. The molecule has 0 aromatic heterocycles. The highest BCUT2D eigenvalue weighted by atomic mass is 16.5. The van der Waals surface area contributed by atoms with Gasteiger partial charge in [0.15, 0.2) is 0 Å². The summed E-state index contributed by atoms with van der Waals surface area (Å²) in [6.45, 7) is 5.70. The zero-order valence-electron chi connectivity index (χ0n) is 6.04. The Morgan fingerprint density at radius 2 is 2.50 bits per heavy atom. The van der Waals surface area contributed by atoms with Crippen LogP contribution in [-0.4, -0.2) is 24.3 Å². The van der Waals surface area contributed by atoms with Crippen molar-refractivity contribution in [3.8, 4) is 0 Å². The standard InChI is InChI=1S/C7H12O3/c1-3-4-10-5-6(2)7(8)9/h3,6H,1,4-5H2,2H3,(H,8,9)/t6-/m0/s1. The Hall–Kier alpha value is -0.830. The Kier molecular flexibility index (Phi) is 4.58. The van der Waals surface area contributed by atoms with Crippen molar-refractivity contribution in [3.63, 3.8) is 0 Å². The number of carbonyl (C=O) groups is 1. The lowest BCUT2D eigenvalue weighted by Crippen LogP contribution is -2.15. The molecule has 1 atom stereocenters. The van der Waals surface area contributed by atoms with Crippen molar-refractivity contribution in [1.29, 1.82) is 0 Å². The van der Waals surface area contributed by atoms with Crippen LogP contribution in [0, 0.1) is 5.92 Å². The molecule has 0 saturated carbocycles. The molecule has 0 unspecified atom stereocenters. The SMILES string of the molecule is C=CCOC[C@H](C)C(=O)O. The number of aliphatic carboxylic acids is 1. The van der Waals surface area contributed by atoms with Gasteiger partial charge in [-0.2, -0.15) is 0 Å². The molecule has 0 bridgehead atoms. The molecule has 0 aliphatic heterocycles. The van der Waals surface area contributed by atoms with Gasteiger partial charge in [-0.05, 0) is 6.92 Å². The Bertz CT molecular complexity index is 120. The van der Waals surface area contributed by atoms with Crippen LogP contribution in [0.25, 0.3) is 0 Å². The summed E-state index contributed by atoms with van der Waals surface area (Å²) in [6, 6.07) is 0. The van der Waals surface area contributed by atoms with Crippen LogP contribution >= 0.6 is 0 Å². The fraction of sp³-hybridized carbons (Fsp3) is 0.571. The number of hydrogen-bond donors (Lipinski definition) is 1. The molecular formula is C7H12O3. The molecule has 58 valence electrons. The molecule has 0 amide bonds. The van der Waals surface area contributed by atoms with Gasteiger partial charge in [0.05, 0.1) is 19.1 Å². The first-order valence-corrected chi connectivity index (χ1v) is 3.10. The Labute approximate surface area is 60.3 Å². The third-order valence-electron chi connectivity index (χ3n) is 1.03. The van der Waals surface area contributed by atoms with Crippen LogP contribution in [0.4, 0.5) is 0 Å². The van der Waals surface area contributed by atoms with Gasteiger partial charge in [-0.1, -0.05) is 6.08 Å². The second-order valence-electron chi connectivity index (χ2n) is 2.07. The highest BCUT2D eigenvalue weighted by Crippen LogP contribution is 1.94. The van der Waals surface area contributed by atoms with Gasteiger partial charge in [-0.3, -0.25) is 4.79 Å². The van der Waals surface area contributed by atoms with Crippen LogP contribution in [0.1, 0.15) is 6.92 Å². The van der Waals surface area contributed by atoms with E-state index in [1.165, 1.54) is 0 Å². The summed E-state index contributed by atoms with van der Waals surface area (Å²) < 4.78 is 4.91. The van der Waals surface area contributed by atoms with Crippen LogP contribution in [0.15, 0.2) is 12.7 Å². The molecule has 0 aromatic carbocycles. The third-order valence-corrected chi connectivity index (χ3v) is 1.03. The Morgan fingerprint density at radius 3 is 2.90 bits per heavy atom. The maximum atomic E-state index is 10.2. The van der Waals surface area contributed by atoms with Crippen molar-refractivity contribution in [1.82, 2.24) is 0 Å². The fourth-order valence-corrected chi connectivity index (χ4v) is 0.399. The van der Waals surface area contributed by atoms with Gasteiger partial charge >= 0.3 is 5.97 Å². The van der Waals surface area contributed by atoms with Gasteiger partial charge in [0.1, 0.15) is 0 Å². The number of carboxylic acid groups (broad SMARTS) is 1. The predicted molar refractivity (Wildman–Crippen MR) is 37.8 cm³/mol. The minimum Gasteiger partial charge on any atom is -0.481 e. The molecular weight excluding hydrogens is 132 g/mol. The summed E-state index contributed by atoms with van der Waals surface area (Å²) in [7, 11) is 0. The fourth-order valence-electron chi connectivity index (χ4n) is 0.399. The minimum absolute atomic E-state index is 0.251. The summed E-state index contributed by atoms with van der Waals surface area (Å²) in [5, 5.41) is 8.38. The number of ether oxygens (including phenoxy) is 1. The summed E-state index contributed by atoms with van der Waals surface area (Å²) in [5.74, 6) is -1.26. The van der Waals surface area contributed by atoms with E-state index in [4.69, 9.17) is 9.84 Å². The maximum Gasteiger partial charge on any atom is 0.308 e. The summed E-state index contributed by atoms with van der Waals surface area (Å²) >= 11 is 0. The minimum atomic E-state index is -0.830. The van der Waals surface area contributed by atoms with E-state index < -0.39 is 11.9 Å². The van der Waals surface area contributed by atoms with Crippen molar-refractivity contribution in [3.05, 3.63) is 12.7 Å². The van der Waals surface area contributed by atoms with Crippen LogP contribution in [0.3, 0.4) is 0 Å². The summed E-state index contributed by atoms with van der Waals surface area (Å²) in [6.07, 6.45) is 1.59. The van der Waals surface area contributed by atoms with E-state index in [9.17, 15) is 4.79 Å². The van der Waals surface area contributed by atoms with E-state index in [0.717, 1.165) is 0 Å². The number of hydrogen-bond acceptors (Lipinski definition) is 2. The summed E-state index contributed by atoms with van der Waals surface area (Å²) in [4.78, 5) is 10.2. The Morgan fingerprint density at radius 1 is 1.90 bits per heavy atom. The molecule has 0 saturated heterocycles. The molecule has 0 rings (SSSR count). The average Bonchev–Trinajstić information content (AvgIpc) is 1.88. The van der Waals surface area contributed by atoms with E-state index in [1.54, 1.807) is 13.0 Å². The third kappa shape index (κ3) is 4.09. The van der Waals surface area contributed by atoms with E-state index >= 15 is 0 Å². The lowest BCUT2D eigenvalue weighted by Gasteiger charge is -2.04. The first kappa shape index (κ1) is 9.17. The van der Waals surface area contributed by atoms with Gasteiger partial charge in [0, 0.05) is 0 Å². The molecule has 0 radical (unpaired) electrons. The van der Waals surface area contributed by atoms with Crippen molar-refractivity contribution < 1.29 is 14.6 Å². The molecule has 1 N–H and O–H groups in total. The van der Waals surface area contributed by atoms with E-state index in [2.05, 4.69) is 6.58 Å². The van der Waals surface area contributed by atoms with E-state index in [-0.39, 0.29) is 6.61 Å². The molecule has 3 heteroatoms. The first-order valence-electron chi connectivity index (χ1n) is 3.10. The molecule has 0 aliphatic rings. The second-order valence-corrected chi connectivity index (χ2v) is 2.07. The number of rotatable bonds is 5. The largest absolute Gasteiger partial charge is 0.481 e. The average molecular weight is 144 g/mol.